The minimum absolute atomic E-state index is 0.0574. The summed E-state index contributed by atoms with van der Waals surface area (Å²) in [6.45, 7) is 0. The van der Waals surface area contributed by atoms with E-state index in [1.807, 2.05) is 0 Å². The highest BCUT2D eigenvalue weighted by atomic mass is 35.7. The molecule has 0 unspecified atom stereocenters. The lowest BCUT2D eigenvalue weighted by atomic mass is 10.1. The highest BCUT2D eigenvalue weighted by Crippen LogP contribution is 2.36. The van der Waals surface area contributed by atoms with Gasteiger partial charge in [-0.3, -0.25) is 10.1 Å². The first-order valence-corrected chi connectivity index (χ1v) is 9.50. The minimum Gasteiger partial charge on any atom is -0.397 e. The Kier molecular flexibility index (Phi) is 4.58. The first kappa shape index (κ1) is 17.8. The number of hydrogen-bond acceptors (Lipinski definition) is 7. The predicted octanol–water partition coefficient (Wildman–Crippen LogP) is 4.67. The van der Waals surface area contributed by atoms with Crippen molar-refractivity contribution < 1.29 is 13.3 Å². The van der Waals surface area contributed by atoms with Crippen molar-refractivity contribution in [1.29, 1.82) is 0 Å². The maximum atomic E-state index is 11.5. The standard InChI is InChI=1S/C16H11ClN4O4S/c17-26(24,25)11-6-7-12-10(9-11)5-8-13(18)16(12)20-19-14-3-1-2-4-15(14)21(22)23/h1-9H,18H2. The zero-order chi connectivity index (χ0) is 18.9. The van der Waals surface area contributed by atoms with E-state index in [1.165, 1.54) is 36.4 Å². The fourth-order valence-electron chi connectivity index (χ4n) is 2.38. The lowest BCUT2D eigenvalue weighted by molar-refractivity contribution is -0.384. The number of nitro benzene ring substituents is 1. The third-order valence-electron chi connectivity index (χ3n) is 3.61. The average molecular weight is 391 g/mol. The van der Waals surface area contributed by atoms with Gasteiger partial charge in [-0.2, -0.15) is 0 Å². The third-order valence-corrected chi connectivity index (χ3v) is 4.96. The van der Waals surface area contributed by atoms with Crippen LogP contribution in [0, 0.1) is 10.1 Å². The monoisotopic (exact) mass is 390 g/mol. The Morgan fingerprint density at radius 1 is 1.04 bits per heavy atom. The molecule has 2 N–H and O–H groups in total. The summed E-state index contributed by atoms with van der Waals surface area (Å²) in [6, 6.07) is 13.3. The number of halogens is 1. The van der Waals surface area contributed by atoms with Crippen molar-refractivity contribution in [2.75, 3.05) is 5.73 Å². The Balaban J connectivity index is 2.14. The van der Waals surface area contributed by atoms with Crippen molar-refractivity contribution >= 4 is 53.3 Å². The van der Waals surface area contributed by atoms with Gasteiger partial charge in [-0.15, -0.1) is 10.2 Å². The molecule has 3 aromatic carbocycles. The van der Waals surface area contributed by atoms with Crippen LogP contribution in [0.1, 0.15) is 0 Å². The van der Waals surface area contributed by atoms with Gasteiger partial charge in [0.1, 0.15) is 5.69 Å². The number of benzene rings is 3. The van der Waals surface area contributed by atoms with E-state index < -0.39 is 14.0 Å². The molecule has 0 saturated heterocycles. The van der Waals surface area contributed by atoms with E-state index in [9.17, 15) is 18.5 Å². The zero-order valence-corrected chi connectivity index (χ0v) is 14.6. The van der Waals surface area contributed by atoms with Gasteiger partial charge in [0.05, 0.1) is 15.5 Å². The molecule has 0 fully saturated rings. The van der Waals surface area contributed by atoms with E-state index in [4.69, 9.17) is 16.4 Å². The van der Waals surface area contributed by atoms with Crippen LogP contribution in [-0.2, 0) is 9.05 Å². The second-order valence-electron chi connectivity index (χ2n) is 5.27. The molecule has 0 aliphatic carbocycles. The number of rotatable bonds is 4. The van der Waals surface area contributed by atoms with Gasteiger partial charge < -0.3 is 5.73 Å². The normalized spacial score (nSPS) is 11.9. The quantitative estimate of drug-likeness (QED) is 0.227. The van der Waals surface area contributed by atoms with Gasteiger partial charge in [0.25, 0.3) is 14.7 Å². The molecule has 0 aliphatic heterocycles. The molecule has 26 heavy (non-hydrogen) atoms. The maximum absolute atomic E-state index is 11.5. The lowest BCUT2D eigenvalue weighted by Crippen LogP contribution is -1.91. The second-order valence-corrected chi connectivity index (χ2v) is 7.84. The smallest absolute Gasteiger partial charge is 0.296 e. The molecule has 0 spiro atoms. The highest BCUT2D eigenvalue weighted by Gasteiger charge is 2.14. The summed E-state index contributed by atoms with van der Waals surface area (Å²) in [6.07, 6.45) is 0. The Hall–Kier alpha value is -3.04. The molecular weight excluding hydrogens is 380 g/mol. The largest absolute Gasteiger partial charge is 0.397 e. The molecule has 8 nitrogen and oxygen atoms in total. The molecule has 0 heterocycles. The fourth-order valence-corrected chi connectivity index (χ4v) is 3.16. The van der Waals surface area contributed by atoms with Crippen molar-refractivity contribution in [3.63, 3.8) is 0 Å². The number of para-hydroxylation sites is 1. The summed E-state index contributed by atoms with van der Waals surface area (Å²) in [7, 11) is 1.48. The first-order valence-electron chi connectivity index (χ1n) is 7.19. The number of nitrogen functional groups attached to an aromatic ring is 1. The van der Waals surface area contributed by atoms with Crippen LogP contribution < -0.4 is 5.73 Å². The van der Waals surface area contributed by atoms with Crippen LogP contribution in [0.25, 0.3) is 10.8 Å². The van der Waals surface area contributed by atoms with Crippen LogP contribution in [0.4, 0.5) is 22.7 Å². The molecule has 0 atom stereocenters. The number of nitrogens with two attached hydrogens (primary N) is 1. The molecule has 3 rings (SSSR count). The van der Waals surface area contributed by atoms with Crippen molar-refractivity contribution in [3.05, 3.63) is 64.7 Å². The lowest BCUT2D eigenvalue weighted by Gasteiger charge is -2.06. The third kappa shape index (κ3) is 3.48. The van der Waals surface area contributed by atoms with Gasteiger partial charge in [-0.05, 0) is 29.7 Å². The van der Waals surface area contributed by atoms with Gasteiger partial charge in [0.15, 0.2) is 5.69 Å². The van der Waals surface area contributed by atoms with E-state index in [0.29, 0.717) is 16.5 Å². The molecule has 0 radical (unpaired) electrons. The summed E-state index contributed by atoms with van der Waals surface area (Å²) in [5.41, 5.74) is 6.40. The van der Waals surface area contributed by atoms with Crippen LogP contribution in [0.5, 0.6) is 0 Å². The van der Waals surface area contributed by atoms with E-state index in [2.05, 4.69) is 10.2 Å². The number of anilines is 1. The molecule has 0 saturated carbocycles. The summed E-state index contributed by atoms with van der Waals surface area (Å²) < 4.78 is 23.0. The number of nitrogens with zero attached hydrogens (tertiary/aromatic N) is 3. The summed E-state index contributed by atoms with van der Waals surface area (Å²) >= 11 is 0. The van der Waals surface area contributed by atoms with Crippen LogP contribution >= 0.6 is 10.7 Å². The van der Waals surface area contributed by atoms with Gasteiger partial charge >= 0.3 is 0 Å². The Labute approximate surface area is 152 Å². The SMILES string of the molecule is Nc1ccc2cc(S(=O)(=O)Cl)ccc2c1N=Nc1ccccc1[N+](=O)[O-]. The van der Waals surface area contributed by atoms with E-state index >= 15 is 0 Å². The number of hydrogen-bond donors (Lipinski definition) is 1. The van der Waals surface area contributed by atoms with Gasteiger partial charge in [-0.1, -0.05) is 24.3 Å². The predicted molar refractivity (Wildman–Crippen MR) is 98.7 cm³/mol. The molecule has 10 heteroatoms. The number of fused-ring (bicyclic) bond motifs is 1. The molecule has 3 aromatic rings. The van der Waals surface area contributed by atoms with Crippen molar-refractivity contribution in [1.82, 2.24) is 0 Å². The van der Waals surface area contributed by atoms with E-state index in [0.717, 1.165) is 0 Å². The average Bonchev–Trinajstić information content (AvgIpc) is 2.60. The first-order chi connectivity index (χ1) is 12.3. The molecule has 0 aliphatic rings. The van der Waals surface area contributed by atoms with Crippen LogP contribution in [0.15, 0.2) is 69.7 Å². The summed E-state index contributed by atoms with van der Waals surface area (Å²) in [5, 5.41) is 20.1. The van der Waals surface area contributed by atoms with Crippen molar-refractivity contribution in [2.24, 2.45) is 10.2 Å². The topological polar surface area (TPSA) is 128 Å². The van der Waals surface area contributed by atoms with E-state index in [1.54, 1.807) is 18.2 Å². The Morgan fingerprint density at radius 3 is 2.46 bits per heavy atom. The molecule has 0 aromatic heterocycles. The van der Waals surface area contributed by atoms with Crippen molar-refractivity contribution in [2.45, 2.75) is 4.90 Å². The zero-order valence-electron chi connectivity index (χ0n) is 13.0. The molecule has 132 valence electrons. The number of azo groups is 1. The Bertz CT molecular complexity index is 1160. The van der Waals surface area contributed by atoms with Gasteiger partial charge in [-0.25, -0.2) is 8.42 Å². The van der Waals surface area contributed by atoms with Crippen LogP contribution in [0.3, 0.4) is 0 Å². The second kappa shape index (κ2) is 6.70. The van der Waals surface area contributed by atoms with Gasteiger partial charge in [0, 0.05) is 22.1 Å². The van der Waals surface area contributed by atoms with E-state index in [-0.39, 0.29) is 22.0 Å². The minimum atomic E-state index is -3.88. The molecule has 0 bridgehead atoms. The summed E-state index contributed by atoms with van der Waals surface area (Å²) in [4.78, 5) is 10.4. The molecular formula is C16H11ClN4O4S. The molecule has 0 amide bonds. The Morgan fingerprint density at radius 2 is 1.77 bits per heavy atom. The summed E-state index contributed by atoms with van der Waals surface area (Å²) in [5.74, 6) is 0. The maximum Gasteiger partial charge on any atom is 0.296 e. The van der Waals surface area contributed by atoms with Crippen molar-refractivity contribution in [3.8, 4) is 0 Å². The van der Waals surface area contributed by atoms with Gasteiger partial charge in [0.2, 0.25) is 0 Å². The highest BCUT2D eigenvalue weighted by molar-refractivity contribution is 8.13. The fraction of sp³-hybridized carbons (Fsp3) is 0. The number of nitro groups is 1. The van der Waals surface area contributed by atoms with Crippen LogP contribution in [-0.4, -0.2) is 13.3 Å². The van der Waals surface area contributed by atoms with Crippen LogP contribution in [0.2, 0.25) is 0 Å².